The minimum absolute atomic E-state index is 0.00271. The zero-order chi connectivity index (χ0) is 10.7. The average molecular weight is 228 g/mol. The summed E-state index contributed by atoms with van der Waals surface area (Å²) >= 11 is 5.69. The van der Waals surface area contributed by atoms with Crippen LogP contribution in [-0.2, 0) is 0 Å². The number of carbonyl (C=O) groups excluding carboxylic acids is 1. The highest BCUT2D eigenvalue weighted by molar-refractivity contribution is 6.17. The Bertz CT molecular complexity index is 323. The summed E-state index contributed by atoms with van der Waals surface area (Å²) in [5.74, 6) is 1.66. The number of nitrogens with zero attached hydrogens (tertiary/aromatic N) is 1. The minimum atomic E-state index is -0.00271. The van der Waals surface area contributed by atoms with Gasteiger partial charge in [-0.2, -0.15) is 0 Å². The summed E-state index contributed by atoms with van der Waals surface area (Å²) in [7, 11) is 0. The van der Waals surface area contributed by atoms with Crippen molar-refractivity contribution in [2.45, 2.75) is 12.8 Å². The second-order valence-electron chi connectivity index (χ2n) is 3.86. The van der Waals surface area contributed by atoms with Gasteiger partial charge in [-0.05, 0) is 30.9 Å². The van der Waals surface area contributed by atoms with Gasteiger partial charge >= 0.3 is 0 Å². The first-order valence-corrected chi connectivity index (χ1v) is 5.73. The first-order valence-electron chi connectivity index (χ1n) is 5.20. The molecule has 1 aromatic heterocycles. The molecule has 0 aromatic carbocycles. The van der Waals surface area contributed by atoms with Gasteiger partial charge < -0.3 is 9.32 Å². The van der Waals surface area contributed by atoms with Crippen LogP contribution in [0.1, 0.15) is 23.4 Å². The van der Waals surface area contributed by atoms with Crippen LogP contribution in [0.25, 0.3) is 0 Å². The third kappa shape index (κ3) is 2.34. The summed E-state index contributed by atoms with van der Waals surface area (Å²) < 4.78 is 5.09. The van der Waals surface area contributed by atoms with Crippen LogP contribution in [0.2, 0.25) is 0 Å². The van der Waals surface area contributed by atoms with Gasteiger partial charge in [0.05, 0.1) is 6.26 Å². The molecule has 1 atom stereocenters. The van der Waals surface area contributed by atoms with Crippen molar-refractivity contribution >= 4 is 17.5 Å². The highest BCUT2D eigenvalue weighted by Crippen LogP contribution is 2.21. The number of likely N-dealkylation sites (tertiary alicyclic amines) is 1. The van der Waals surface area contributed by atoms with E-state index in [0.29, 0.717) is 17.6 Å². The van der Waals surface area contributed by atoms with Gasteiger partial charge in [-0.15, -0.1) is 11.6 Å². The van der Waals surface area contributed by atoms with Crippen molar-refractivity contribution in [3.8, 4) is 0 Å². The molecule has 0 radical (unpaired) electrons. The highest BCUT2D eigenvalue weighted by Gasteiger charge is 2.27. The van der Waals surface area contributed by atoms with Crippen molar-refractivity contribution in [1.29, 1.82) is 0 Å². The van der Waals surface area contributed by atoms with Crippen molar-refractivity contribution in [3.63, 3.8) is 0 Å². The quantitative estimate of drug-likeness (QED) is 0.743. The molecule has 0 bridgehead atoms. The summed E-state index contributed by atoms with van der Waals surface area (Å²) in [5.41, 5.74) is 0. The Labute approximate surface area is 94.0 Å². The van der Waals surface area contributed by atoms with Crippen LogP contribution < -0.4 is 0 Å². The van der Waals surface area contributed by atoms with E-state index in [9.17, 15) is 4.79 Å². The van der Waals surface area contributed by atoms with E-state index >= 15 is 0 Å². The Balaban J connectivity index is 1.93. The minimum Gasteiger partial charge on any atom is -0.459 e. The molecule has 4 heteroatoms. The molecule has 82 valence electrons. The predicted molar refractivity (Wildman–Crippen MR) is 58.1 cm³/mol. The van der Waals surface area contributed by atoms with Crippen molar-refractivity contribution < 1.29 is 9.21 Å². The molecular weight excluding hydrogens is 214 g/mol. The summed E-state index contributed by atoms with van der Waals surface area (Å²) in [6, 6.07) is 3.44. The molecule has 0 aliphatic carbocycles. The highest BCUT2D eigenvalue weighted by atomic mass is 35.5. The van der Waals surface area contributed by atoms with Crippen molar-refractivity contribution in [2.75, 3.05) is 19.0 Å². The average Bonchev–Trinajstić information content (AvgIpc) is 2.87. The van der Waals surface area contributed by atoms with E-state index in [1.807, 2.05) is 4.90 Å². The molecule has 3 nitrogen and oxygen atoms in total. The van der Waals surface area contributed by atoms with Gasteiger partial charge in [0.15, 0.2) is 5.76 Å². The fraction of sp³-hybridized carbons (Fsp3) is 0.545. The Morgan fingerprint density at radius 3 is 3.20 bits per heavy atom. The number of amides is 1. The normalized spacial score (nSPS) is 20.9. The first kappa shape index (κ1) is 10.6. The van der Waals surface area contributed by atoms with Crippen molar-refractivity contribution in [1.82, 2.24) is 4.90 Å². The SMILES string of the molecule is O=C(c1ccco1)N1CCC(CCCl)C1. The van der Waals surface area contributed by atoms with Gasteiger partial charge in [-0.25, -0.2) is 0 Å². The maximum atomic E-state index is 11.9. The van der Waals surface area contributed by atoms with E-state index in [1.54, 1.807) is 12.1 Å². The van der Waals surface area contributed by atoms with Crippen LogP contribution in [0.4, 0.5) is 0 Å². The fourth-order valence-electron chi connectivity index (χ4n) is 1.96. The van der Waals surface area contributed by atoms with E-state index in [4.69, 9.17) is 16.0 Å². The topological polar surface area (TPSA) is 33.5 Å². The molecule has 15 heavy (non-hydrogen) atoms. The third-order valence-corrected chi connectivity index (χ3v) is 3.04. The summed E-state index contributed by atoms with van der Waals surface area (Å²) in [5, 5.41) is 0. The summed E-state index contributed by atoms with van der Waals surface area (Å²) in [6.45, 7) is 1.63. The van der Waals surface area contributed by atoms with E-state index in [-0.39, 0.29) is 5.91 Å². The van der Waals surface area contributed by atoms with E-state index in [2.05, 4.69) is 0 Å². The number of rotatable bonds is 3. The van der Waals surface area contributed by atoms with Crippen molar-refractivity contribution in [2.24, 2.45) is 5.92 Å². The van der Waals surface area contributed by atoms with Gasteiger partial charge in [-0.3, -0.25) is 4.79 Å². The fourth-order valence-corrected chi connectivity index (χ4v) is 2.27. The van der Waals surface area contributed by atoms with E-state index in [0.717, 1.165) is 25.9 Å². The van der Waals surface area contributed by atoms with E-state index < -0.39 is 0 Å². The zero-order valence-corrected chi connectivity index (χ0v) is 9.24. The van der Waals surface area contributed by atoms with Gasteiger partial charge in [0.1, 0.15) is 0 Å². The monoisotopic (exact) mass is 227 g/mol. The lowest BCUT2D eigenvalue weighted by atomic mass is 10.1. The maximum Gasteiger partial charge on any atom is 0.289 e. The number of alkyl halides is 1. The molecule has 1 fully saturated rings. The predicted octanol–water partition coefficient (Wildman–Crippen LogP) is 2.37. The number of hydrogen-bond acceptors (Lipinski definition) is 2. The largest absolute Gasteiger partial charge is 0.459 e. The van der Waals surface area contributed by atoms with Crippen LogP contribution in [-0.4, -0.2) is 29.8 Å². The van der Waals surface area contributed by atoms with E-state index in [1.165, 1.54) is 6.26 Å². The van der Waals surface area contributed by atoms with Gasteiger partial charge in [0.25, 0.3) is 5.91 Å². The Morgan fingerprint density at radius 1 is 1.67 bits per heavy atom. The molecule has 1 amide bonds. The number of hydrogen-bond donors (Lipinski definition) is 0. The number of furan rings is 1. The van der Waals surface area contributed by atoms with Gasteiger partial charge in [0.2, 0.25) is 0 Å². The standard InChI is InChI=1S/C11H14ClNO2/c12-5-3-9-4-6-13(8-9)11(14)10-2-1-7-15-10/h1-2,7,9H,3-6,8H2. The third-order valence-electron chi connectivity index (χ3n) is 2.82. The number of halogens is 1. The zero-order valence-electron chi connectivity index (χ0n) is 8.49. The molecule has 1 aromatic rings. The first-order chi connectivity index (χ1) is 7.31. The second-order valence-corrected chi connectivity index (χ2v) is 4.24. The molecule has 0 spiro atoms. The molecule has 1 unspecified atom stereocenters. The van der Waals surface area contributed by atoms with Gasteiger partial charge in [-0.1, -0.05) is 0 Å². The van der Waals surface area contributed by atoms with Crippen LogP contribution in [0.15, 0.2) is 22.8 Å². The molecule has 1 saturated heterocycles. The Kier molecular flexibility index (Phi) is 3.31. The lowest BCUT2D eigenvalue weighted by Crippen LogP contribution is -2.28. The molecule has 0 saturated carbocycles. The number of carbonyl (C=O) groups is 1. The lowest BCUT2D eigenvalue weighted by Gasteiger charge is -2.14. The molecule has 1 aliphatic heterocycles. The maximum absolute atomic E-state index is 11.9. The molecule has 0 N–H and O–H groups in total. The molecule has 2 rings (SSSR count). The van der Waals surface area contributed by atoms with Crippen LogP contribution in [0.3, 0.4) is 0 Å². The van der Waals surface area contributed by atoms with Crippen molar-refractivity contribution in [3.05, 3.63) is 24.2 Å². The van der Waals surface area contributed by atoms with Crippen LogP contribution >= 0.6 is 11.6 Å². The summed E-state index contributed by atoms with van der Waals surface area (Å²) in [6.07, 6.45) is 3.57. The second kappa shape index (κ2) is 4.71. The van der Waals surface area contributed by atoms with Crippen LogP contribution in [0.5, 0.6) is 0 Å². The summed E-state index contributed by atoms with van der Waals surface area (Å²) in [4.78, 5) is 13.7. The molecule has 2 heterocycles. The van der Waals surface area contributed by atoms with Crippen LogP contribution in [0, 0.1) is 5.92 Å². The smallest absolute Gasteiger partial charge is 0.289 e. The molecule has 1 aliphatic rings. The lowest BCUT2D eigenvalue weighted by molar-refractivity contribution is 0.0755. The van der Waals surface area contributed by atoms with Gasteiger partial charge in [0, 0.05) is 19.0 Å². The Hall–Kier alpha value is -0.960. The Morgan fingerprint density at radius 2 is 2.53 bits per heavy atom. The molecular formula is C11H14ClNO2.